The van der Waals surface area contributed by atoms with Crippen molar-refractivity contribution in [2.45, 2.75) is 25.0 Å². The highest BCUT2D eigenvalue weighted by molar-refractivity contribution is 9.10. The van der Waals surface area contributed by atoms with Gasteiger partial charge in [0, 0.05) is 6.04 Å². The lowest BCUT2D eigenvalue weighted by atomic mass is 10.4. The van der Waals surface area contributed by atoms with Gasteiger partial charge in [-0.2, -0.15) is 0 Å². The Morgan fingerprint density at radius 1 is 1.64 bits per heavy atom. The van der Waals surface area contributed by atoms with Crippen molar-refractivity contribution in [2.24, 2.45) is 0 Å². The van der Waals surface area contributed by atoms with Gasteiger partial charge in [-0.1, -0.05) is 11.8 Å². The second-order valence-electron chi connectivity index (χ2n) is 2.53. The summed E-state index contributed by atoms with van der Waals surface area (Å²) in [6.45, 7) is 4.29. The number of aromatic nitrogens is 2. The molecular formula is C7H11BrN2S. The van der Waals surface area contributed by atoms with E-state index in [-0.39, 0.29) is 0 Å². The number of hydrogen-bond donors (Lipinski definition) is 0. The van der Waals surface area contributed by atoms with Gasteiger partial charge in [0.2, 0.25) is 0 Å². The minimum absolute atomic E-state index is 0.467. The summed E-state index contributed by atoms with van der Waals surface area (Å²) in [5.74, 6) is 0. The molecule has 4 heteroatoms. The number of imidazole rings is 1. The van der Waals surface area contributed by atoms with Crippen LogP contribution < -0.4 is 0 Å². The molecule has 1 aromatic heterocycles. The summed E-state index contributed by atoms with van der Waals surface area (Å²) in [4.78, 5) is 4.23. The lowest BCUT2D eigenvalue weighted by Gasteiger charge is -2.10. The molecule has 0 radical (unpaired) electrons. The van der Waals surface area contributed by atoms with E-state index in [1.54, 1.807) is 11.8 Å². The average molecular weight is 235 g/mol. The van der Waals surface area contributed by atoms with Gasteiger partial charge >= 0.3 is 0 Å². The lowest BCUT2D eigenvalue weighted by Crippen LogP contribution is -2.02. The first-order valence-corrected chi connectivity index (χ1v) is 5.45. The van der Waals surface area contributed by atoms with Crippen LogP contribution in [0.4, 0.5) is 0 Å². The molecule has 0 saturated carbocycles. The van der Waals surface area contributed by atoms with Gasteiger partial charge in [-0.15, -0.1) is 0 Å². The van der Waals surface area contributed by atoms with E-state index in [4.69, 9.17) is 0 Å². The van der Waals surface area contributed by atoms with Gasteiger partial charge in [0.05, 0.1) is 6.20 Å². The number of halogens is 1. The monoisotopic (exact) mass is 234 g/mol. The lowest BCUT2D eigenvalue weighted by molar-refractivity contribution is 0.540. The summed E-state index contributed by atoms with van der Waals surface area (Å²) in [7, 11) is 0. The van der Waals surface area contributed by atoms with E-state index in [1.165, 1.54) is 0 Å². The standard InChI is InChI=1S/C7H11BrN2S/c1-5(2)10-6(8)4-9-7(10)11-3/h4-5H,1-3H3. The minimum atomic E-state index is 0.467. The first-order chi connectivity index (χ1) is 5.16. The zero-order valence-corrected chi connectivity index (χ0v) is 9.24. The van der Waals surface area contributed by atoms with Crippen molar-refractivity contribution < 1.29 is 0 Å². The molecule has 0 N–H and O–H groups in total. The third-order valence-corrected chi connectivity index (χ3v) is 2.67. The van der Waals surface area contributed by atoms with Crippen LogP contribution in [-0.2, 0) is 0 Å². The second-order valence-corrected chi connectivity index (χ2v) is 4.12. The van der Waals surface area contributed by atoms with Gasteiger partial charge in [0.15, 0.2) is 5.16 Å². The van der Waals surface area contributed by atoms with E-state index in [0.29, 0.717) is 6.04 Å². The van der Waals surface area contributed by atoms with Crippen molar-refractivity contribution in [3.63, 3.8) is 0 Å². The van der Waals surface area contributed by atoms with E-state index < -0.39 is 0 Å². The third kappa shape index (κ3) is 1.79. The zero-order chi connectivity index (χ0) is 8.43. The molecule has 0 aliphatic carbocycles. The van der Waals surface area contributed by atoms with Gasteiger partial charge in [0.1, 0.15) is 4.60 Å². The number of hydrogen-bond acceptors (Lipinski definition) is 2. The number of rotatable bonds is 2. The van der Waals surface area contributed by atoms with Crippen LogP contribution >= 0.6 is 27.7 Å². The van der Waals surface area contributed by atoms with Crippen LogP contribution in [0.3, 0.4) is 0 Å². The van der Waals surface area contributed by atoms with E-state index >= 15 is 0 Å². The molecule has 0 aliphatic rings. The molecule has 1 aromatic rings. The Labute approximate surface area is 79.5 Å². The van der Waals surface area contributed by atoms with Crippen molar-refractivity contribution in [1.82, 2.24) is 9.55 Å². The first kappa shape index (κ1) is 9.13. The Kier molecular flexibility index (Phi) is 3.01. The molecule has 0 atom stereocenters. The largest absolute Gasteiger partial charge is 0.311 e. The molecule has 2 nitrogen and oxygen atoms in total. The maximum absolute atomic E-state index is 4.23. The molecule has 0 aliphatic heterocycles. The number of thioether (sulfide) groups is 1. The molecule has 0 aromatic carbocycles. The summed E-state index contributed by atoms with van der Waals surface area (Å²) in [5, 5.41) is 1.06. The summed E-state index contributed by atoms with van der Waals surface area (Å²) in [6, 6.07) is 0.467. The van der Waals surface area contributed by atoms with Crippen LogP contribution in [0.25, 0.3) is 0 Å². The highest BCUT2D eigenvalue weighted by Crippen LogP contribution is 2.23. The topological polar surface area (TPSA) is 17.8 Å². The molecule has 0 saturated heterocycles. The fourth-order valence-corrected chi connectivity index (χ4v) is 2.40. The van der Waals surface area contributed by atoms with Crippen LogP contribution in [0.1, 0.15) is 19.9 Å². The molecule has 0 amide bonds. The van der Waals surface area contributed by atoms with E-state index in [2.05, 4.69) is 39.3 Å². The molecular weight excluding hydrogens is 224 g/mol. The van der Waals surface area contributed by atoms with Crippen molar-refractivity contribution >= 4 is 27.7 Å². The second kappa shape index (κ2) is 3.63. The zero-order valence-electron chi connectivity index (χ0n) is 6.84. The van der Waals surface area contributed by atoms with E-state index in [0.717, 1.165) is 9.76 Å². The normalized spacial score (nSPS) is 11.0. The summed E-state index contributed by atoms with van der Waals surface area (Å²) in [6.07, 6.45) is 3.87. The maximum atomic E-state index is 4.23. The Morgan fingerprint density at radius 3 is 2.64 bits per heavy atom. The van der Waals surface area contributed by atoms with Crippen molar-refractivity contribution in [1.29, 1.82) is 0 Å². The fourth-order valence-electron chi connectivity index (χ4n) is 0.943. The van der Waals surface area contributed by atoms with E-state index in [9.17, 15) is 0 Å². The van der Waals surface area contributed by atoms with Crippen LogP contribution in [0, 0.1) is 0 Å². The summed E-state index contributed by atoms with van der Waals surface area (Å²) < 4.78 is 3.21. The van der Waals surface area contributed by atoms with Gasteiger partial charge in [-0.25, -0.2) is 4.98 Å². The summed E-state index contributed by atoms with van der Waals surface area (Å²) >= 11 is 5.11. The first-order valence-electron chi connectivity index (χ1n) is 3.43. The fraction of sp³-hybridized carbons (Fsp3) is 0.571. The highest BCUT2D eigenvalue weighted by Gasteiger charge is 2.08. The highest BCUT2D eigenvalue weighted by atomic mass is 79.9. The van der Waals surface area contributed by atoms with Gasteiger partial charge in [-0.05, 0) is 36.0 Å². The third-order valence-electron chi connectivity index (χ3n) is 1.42. The van der Waals surface area contributed by atoms with E-state index in [1.807, 2.05) is 12.5 Å². The van der Waals surface area contributed by atoms with Gasteiger partial charge < -0.3 is 4.57 Å². The Hall–Kier alpha value is 0.0400. The van der Waals surface area contributed by atoms with Crippen molar-refractivity contribution in [3.8, 4) is 0 Å². The van der Waals surface area contributed by atoms with Crippen LogP contribution in [0.2, 0.25) is 0 Å². The summed E-state index contributed by atoms with van der Waals surface area (Å²) in [5.41, 5.74) is 0. The van der Waals surface area contributed by atoms with Crippen LogP contribution in [-0.4, -0.2) is 15.8 Å². The Morgan fingerprint density at radius 2 is 2.27 bits per heavy atom. The molecule has 0 unspecified atom stereocenters. The Bertz CT molecular complexity index is 245. The molecule has 1 heterocycles. The predicted octanol–water partition coefficient (Wildman–Crippen LogP) is 2.95. The van der Waals surface area contributed by atoms with Crippen molar-refractivity contribution in [3.05, 3.63) is 10.8 Å². The van der Waals surface area contributed by atoms with Crippen molar-refractivity contribution in [2.75, 3.05) is 6.26 Å². The molecule has 0 spiro atoms. The van der Waals surface area contributed by atoms with Crippen LogP contribution in [0.15, 0.2) is 16.0 Å². The molecule has 11 heavy (non-hydrogen) atoms. The Balaban J connectivity index is 3.07. The van der Waals surface area contributed by atoms with Gasteiger partial charge in [-0.3, -0.25) is 0 Å². The molecule has 0 fully saturated rings. The molecule has 0 bridgehead atoms. The minimum Gasteiger partial charge on any atom is -0.311 e. The van der Waals surface area contributed by atoms with Crippen LogP contribution in [0.5, 0.6) is 0 Å². The smallest absolute Gasteiger partial charge is 0.168 e. The number of nitrogens with zero attached hydrogens (tertiary/aromatic N) is 2. The maximum Gasteiger partial charge on any atom is 0.168 e. The molecule has 1 rings (SSSR count). The molecule has 62 valence electrons. The average Bonchev–Trinajstić information content (AvgIpc) is 2.30. The van der Waals surface area contributed by atoms with Gasteiger partial charge in [0.25, 0.3) is 0 Å². The predicted molar refractivity (Wildman–Crippen MR) is 52.1 cm³/mol. The SMILES string of the molecule is CSc1ncc(Br)n1C(C)C. The quantitative estimate of drug-likeness (QED) is 0.733.